The number of rotatable bonds is 4. The van der Waals surface area contributed by atoms with Crippen LogP contribution in [0.1, 0.15) is 36.5 Å². The van der Waals surface area contributed by atoms with Crippen LogP contribution in [0.4, 0.5) is 0 Å². The predicted octanol–water partition coefficient (Wildman–Crippen LogP) is 3.44. The summed E-state index contributed by atoms with van der Waals surface area (Å²) in [7, 11) is 0. The van der Waals surface area contributed by atoms with Crippen molar-refractivity contribution in [1.82, 2.24) is 19.7 Å². The van der Waals surface area contributed by atoms with Crippen molar-refractivity contribution in [1.29, 1.82) is 0 Å². The Balaban J connectivity index is 1.91. The van der Waals surface area contributed by atoms with Crippen molar-refractivity contribution >= 4 is 11.6 Å². The van der Waals surface area contributed by atoms with Crippen LogP contribution < -0.4 is 0 Å². The molecule has 0 aliphatic rings. The summed E-state index contributed by atoms with van der Waals surface area (Å²) in [5.41, 5.74) is 2.47. The molecule has 0 amide bonds. The second-order valence-electron chi connectivity index (χ2n) is 6.31. The Hall–Kier alpha value is -2.24. The first-order valence-electron chi connectivity index (χ1n) is 7.69. The lowest BCUT2D eigenvalue weighted by molar-refractivity contribution is 0.0734. The van der Waals surface area contributed by atoms with E-state index in [1.165, 1.54) is 0 Å². The fourth-order valence-corrected chi connectivity index (χ4v) is 2.51. The van der Waals surface area contributed by atoms with Crippen LogP contribution in [0.2, 0.25) is 5.02 Å². The molecule has 1 N–H and O–H groups in total. The highest BCUT2D eigenvalue weighted by atomic mass is 35.5. The van der Waals surface area contributed by atoms with Crippen LogP contribution in [-0.4, -0.2) is 24.9 Å². The van der Waals surface area contributed by atoms with E-state index >= 15 is 0 Å². The Morgan fingerprint density at radius 2 is 1.83 bits per heavy atom. The molecular weight excluding hydrogens is 324 g/mol. The van der Waals surface area contributed by atoms with Crippen LogP contribution in [0.25, 0.3) is 5.95 Å². The van der Waals surface area contributed by atoms with Crippen LogP contribution in [0, 0.1) is 6.92 Å². The first-order chi connectivity index (χ1) is 11.3. The minimum absolute atomic E-state index is 0.495. The van der Waals surface area contributed by atoms with Crippen molar-refractivity contribution < 1.29 is 5.11 Å². The molecule has 124 valence electrons. The van der Waals surface area contributed by atoms with E-state index < -0.39 is 5.60 Å². The van der Waals surface area contributed by atoms with Gasteiger partial charge in [0.1, 0.15) is 5.60 Å². The van der Waals surface area contributed by atoms with Crippen molar-refractivity contribution in [3.8, 4) is 5.95 Å². The van der Waals surface area contributed by atoms with Crippen LogP contribution in [0.15, 0.2) is 42.6 Å². The van der Waals surface area contributed by atoms with Gasteiger partial charge in [-0.1, -0.05) is 23.7 Å². The third-order valence-corrected chi connectivity index (χ3v) is 3.87. The average Bonchev–Trinajstić information content (AvgIpc) is 2.99. The molecule has 0 aliphatic carbocycles. The summed E-state index contributed by atoms with van der Waals surface area (Å²) in [6, 6.07) is 11.4. The van der Waals surface area contributed by atoms with E-state index in [4.69, 9.17) is 11.6 Å². The first kappa shape index (κ1) is 16.6. The number of halogens is 1. The Kier molecular flexibility index (Phi) is 4.39. The SMILES string of the molecule is Cc1cc(Cc2ccc(Cl)cc2)nc(-n2ccc(C(C)(C)O)n2)n1. The average molecular weight is 343 g/mol. The molecular formula is C18H19ClN4O. The highest BCUT2D eigenvalue weighted by Crippen LogP contribution is 2.18. The summed E-state index contributed by atoms with van der Waals surface area (Å²) in [6.45, 7) is 5.32. The second-order valence-corrected chi connectivity index (χ2v) is 6.74. The Morgan fingerprint density at radius 3 is 2.46 bits per heavy atom. The third-order valence-electron chi connectivity index (χ3n) is 3.61. The van der Waals surface area contributed by atoms with Gasteiger partial charge in [-0.2, -0.15) is 5.10 Å². The molecule has 0 radical (unpaired) electrons. The van der Waals surface area contributed by atoms with E-state index in [-0.39, 0.29) is 0 Å². The van der Waals surface area contributed by atoms with E-state index in [1.54, 1.807) is 30.8 Å². The summed E-state index contributed by atoms with van der Waals surface area (Å²) in [5, 5.41) is 15.1. The lowest BCUT2D eigenvalue weighted by Gasteiger charge is -2.13. The predicted molar refractivity (Wildman–Crippen MR) is 93.4 cm³/mol. The molecule has 2 aromatic heterocycles. The highest BCUT2D eigenvalue weighted by molar-refractivity contribution is 6.30. The summed E-state index contributed by atoms with van der Waals surface area (Å²) < 4.78 is 1.59. The molecule has 0 bridgehead atoms. The van der Waals surface area contributed by atoms with Crippen LogP contribution in [0.5, 0.6) is 0 Å². The Morgan fingerprint density at radius 1 is 1.12 bits per heavy atom. The van der Waals surface area contributed by atoms with Crippen molar-refractivity contribution in [2.45, 2.75) is 32.8 Å². The lowest BCUT2D eigenvalue weighted by atomic mass is 10.1. The molecule has 1 aromatic carbocycles. The van der Waals surface area contributed by atoms with Gasteiger partial charge in [-0.3, -0.25) is 0 Å². The summed E-state index contributed by atoms with van der Waals surface area (Å²) in [4.78, 5) is 9.03. The van der Waals surface area contributed by atoms with Crippen LogP contribution in [-0.2, 0) is 12.0 Å². The molecule has 0 unspecified atom stereocenters. The van der Waals surface area contributed by atoms with E-state index in [0.717, 1.165) is 17.0 Å². The first-order valence-corrected chi connectivity index (χ1v) is 8.07. The van der Waals surface area contributed by atoms with Crippen molar-refractivity contribution in [3.63, 3.8) is 0 Å². The minimum atomic E-state index is -0.999. The van der Waals surface area contributed by atoms with Gasteiger partial charge in [0, 0.05) is 23.3 Å². The molecule has 5 nitrogen and oxygen atoms in total. The van der Waals surface area contributed by atoms with Gasteiger partial charge in [-0.25, -0.2) is 14.6 Å². The maximum Gasteiger partial charge on any atom is 0.250 e. The number of aromatic nitrogens is 4. The molecule has 3 aromatic rings. The molecule has 6 heteroatoms. The number of hydrogen-bond donors (Lipinski definition) is 1. The zero-order valence-corrected chi connectivity index (χ0v) is 14.6. The molecule has 0 saturated heterocycles. The monoisotopic (exact) mass is 342 g/mol. The van der Waals surface area contributed by atoms with Crippen LogP contribution >= 0.6 is 11.6 Å². The molecule has 0 fully saturated rings. The van der Waals surface area contributed by atoms with Gasteiger partial charge in [-0.15, -0.1) is 0 Å². The van der Waals surface area contributed by atoms with Crippen molar-refractivity contribution in [2.75, 3.05) is 0 Å². The van der Waals surface area contributed by atoms with Crippen molar-refractivity contribution in [3.05, 3.63) is 70.3 Å². The summed E-state index contributed by atoms with van der Waals surface area (Å²) >= 11 is 5.93. The summed E-state index contributed by atoms with van der Waals surface area (Å²) in [5.74, 6) is 0.495. The standard InChI is InChI=1S/C18H19ClN4O/c1-12-10-15(11-13-4-6-14(19)7-5-13)21-17(20-12)23-9-8-16(22-23)18(2,3)24/h4-10,24H,11H2,1-3H3. The van der Waals surface area contributed by atoms with Gasteiger partial charge in [0.25, 0.3) is 5.95 Å². The number of aliphatic hydroxyl groups is 1. The van der Waals surface area contributed by atoms with Crippen LogP contribution in [0.3, 0.4) is 0 Å². The van der Waals surface area contributed by atoms with Gasteiger partial charge >= 0.3 is 0 Å². The Bertz CT molecular complexity index is 850. The fraction of sp³-hybridized carbons (Fsp3) is 0.278. The number of hydrogen-bond acceptors (Lipinski definition) is 4. The Labute approximate surface area is 146 Å². The molecule has 0 saturated carbocycles. The number of nitrogens with zero attached hydrogens (tertiary/aromatic N) is 4. The molecule has 0 aliphatic heterocycles. The van der Waals surface area contributed by atoms with Gasteiger partial charge in [0.05, 0.1) is 11.4 Å². The maximum absolute atomic E-state index is 10.0. The third kappa shape index (κ3) is 3.80. The molecule has 3 rings (SSSR count). The van der Waals surface area contributed by atoms with E-state index in [0.29, 0.717) is 23.1 Å². The summed E-state index contributed by atoms with van der Waals surface area (Å²) in [6.07, 6.45) is 2.45. The zero-order chi connectivity index (χ0) is 17.3. The molecule has 2 heterocycles. The second kappa shape index (κ2) is 6.34. The number of benzene rings is 1. The van der Waals surface area contributed by atoms with Gasteiger partial charge in [0.2, 0.25) is 0 Å². The molecule has 0 atom stereocenters. The maximum atomic E-state index is 10.0. The quantitative estimate of drug-likeness (QED) is 0.788. The van der Waals surface area contributed by atoms with E-state index in [9.17, 15) is 5.11 Å². The van der Waals surface area contributed by atoms with E-state index in [2.05, 4.69) is 15.1 Å². The fourth-order valence-electron chi connectivity index (χ4n) is 2.38. The van der Waals surface area contributed by atoms with Gasteiger partial charge in [0.15, 0.2) is 0 Å². The zero-order valence-electron chi connectivity index (χ0n) is 13.9. The van der Waals surface area contributed by atoms with Crippen molar-refractivity contribution in [2.24, 2.45) is 0 Å². The lowest BCUT2D eigenvalue weighted by Crippen LogP contribution is -2.17. The number of aryl methyl sites for hydroxylation is 1. The molecule has 0 spiro atoms. The highest BCUT2D eigenvalue weighted by Gasteiger charge is 2.20. The molecule has 24 heavy (non-hydrogen) atoms. The smallest absolute Gasteiger partial charge is 0.250 e. The van der Waals surface area contributed by atoms with E-state index in [1.807, 2.05) is 37.3 Å². The topological polar surface area (TPSA) is 63.8 Å². The minimum Gasteiger partial charge on any atom is -0.384 e. The van der Waals surface area contributed by atoms with Gasteiger partial charge in [-0.05, 0) is 50.6 Å². The normalized spacial score (nSPS) is 11.7. The van der Waals surface area contributed by atoms with Gasteiger partial charge < -0.3 is 5.11 Å². The largest absolute Gasteiger partial charge is 0.384 e.